The van der Waals surface area contributed by atoms with Crippen LogP contribution in [0.4, 0.5) is 4.39 Å². The molecule has 0 spiro atoms. The molecule has 7 heteroatoms. The first-order chi connectivity index (χ1) is 8.15. The number of amides is 1. The maximum absolute atomic E-state index is 12.5. The zero-order valence-electron chi connectivity index (χ0n) is 8.98. The van der Waals surface area contributed by atoms with E-state index in [2.05, 4.69) is 20.4 Å². The van der Waals surface area contributed by atoms with Crippen LogP contribution in [0, 0.1) is 12.9 Å². The number of pyridine rings is 1. The highest BCUT2D eigenvalue weighted by atomic mass is 19.1. The second-order valence-corrected chi connectivity index (χ2v) is 3.28. The van der Waals surface area contributed by atoms with E-state index in [1.807, 2.05) is 0 Å². The Morgan fingerprint density at radius 3 is 2.94 bits per heavy atom. The minimum atomic E-state index is -0.629. The van der Waals surface area contributed by atoms with Crippen molar-refractivity contribution in [1.82, 2.24) is 20.4 Å². The number of halogens is 1. The first kappa shape index (κ1) is 11.2. The average Bonchev–Trinajstić information content (AvgIpc) is 2.73. The molecular formula is C10H9FN4O2. The number of hydrogen-bond acceptors (Lipinski definition) is 5. The topological polar surface area (TPSA) is 80.9 Å². The Bertz CT molecular complexity index is 523. The fraction of sp³-hybridized carbons (Fsp3) is 0.200. The zero-order valence-corrected chi connectivity index (χ0v) is 8.98. The minimum Gasteiger partial charge on any atom is -0.345 e. The Morgan fingerprint density at radius 2 is 2.35 bits per heavy atom. The third-order valence-corrected chi connectivity index (χ3v) is 1.97. The lowest BCUT2D eigenvalue weighted by Crippen LogP contribution is -2.23. The van der Waals surface area contributed by atoms with Crippen molar-refractivity contribution < 1.29 is 13.7 Å². The summed E-state index contributed by atoms with van der Waals surface area (Å²) in [5.74, 6) is -0.195. The molecule has 0 bridgehead atoms. The molecule has 1 N–H and O–H groups in total. The van der Waals surface area contributed by atoms with Gasteiger partial charge in [-0.2, -0.15) is 9.37 Å². The van der Waals surface area contributed by atoms with Gasteiger partial charge < -0.3 is 9.84 Å². The lowest BCUT2D eigenvalue weighted by molar-refractivity contribution is 0.0949. The van der Waals surface area contributed by atoms with Crippen LogP contribution >= 0.6 is 0 Å². The van der Waals surface area contributed by atoms with E-state index in [0.29, 0.717) is 11.7 Å². The summed E-state index contributed by atoms with van der Waals surface area (Å²) in [6, 6.07) is 2.46. The third kappa shape index (κ3) is 2.83. The number of aryl methyl sites for hydroxylation is 1. The minimum absolute atomic E-state index is 0.146. The molecule has 0 aliphatic rings. The number of aromatic nitrogens is 3. The van der Waals surface area contributed by atoms with Crippen LogP contribution in [0.1, 0.15) is 22.1 Å². The molecule has 0 saturated heterocycles. The van der Waals surface area contributed by atoms with Crippen molar-refractivity contribution >= 4 is 5.91 Å². The smallest absolute Gasteiger partial charge is 0.253 e. The summed E-state index contributed by atoms with van der Waals surface area (Å²) in [6.07, 6.45) is 1.16. The summed E-state index contributed by atoms with van der Waals surface area (Å²) in [5, 5.41) is 6.18. The number of nitrogens with zero attached hydrogens (tertiary/aromatic N) is 3. The standard InChI is InChI=1S/C10H9FN4O2/c1-6-14-9(15-17-6)5-13-10(16)7-2-3-8(11)12-4-7/h2-4H,5H2,1H3,(H,13,16). The Hall–Kier alpha value is -2.31. The summed E-state index contributed by atoms with van der Waals surface area (Å²) < 4.78 is 17.3. The maximum Gasteiger partial charge on any atom is 0.253 e. The maximum atomic E-state index is 12.5. The van der Waals surface area contributed by atoms with Crippen molar-refractivity contribution in [2.45, 2.75) is 13.5 Å². The summed E-state index contributed by atoms with van der Waals surface area (Å²) in [6.45, 7) is 1.80. The highest BCUT2D eigenvalue weighted by Crippen LogP contribution is 2.00. The van der Waals surface area contributed by atoms with E-state index in [1.54, 1.807) is 6.92 Å². The normalized spacial score (nSPS) is 10.2. The molecule has 2 aromatic heterocycles. The molecule has 88 valence electrons. The van der Waals surface area contributed by atoms with Crippen molar-refractivity contribution in [1.29, 1.82) is 0 Å². The van der Waals surface area contributed by atoms with Crippen LogP contribution < -0.4 is 5.32 Å². The van der Waals surface area contributed by atoms with E-state index in [4.69, 9.17) is 4.52 Å². The first-order valence-electron chi connectivity index (χ1n) is 4.84. The van der Waals surface area contributed by atoms with Gasteiger partial charge in [-0.05, 0) is 12.1 Å². The number of hydrogen-bond donors (Lipinski definition) is 1. The molecule has 1 amide bonds. The Morgan fingerprint density at radius 1 is 1.53 bits per heavy atom. The van der Waals surface area contributed by atoms with Gasteiger partial charge in [0.05, 0.1) is 12.1 Å². The van der Waals surface area contributed by atoms with E-state index in [9.17, 15) is 9.18 Å². The van der Waals surface area contributed by atoms with Gasteiger partial charge in [0.2, 0.25) is 11.8 Å². The lowest BCUT2D eigenvalue weighted by Gasteiger charge is -2.01. The van der Waals surface area contributed by atoms with Crippen molar-refractivity contribution in [2.24, 2.45) is 0 Å². The van der Waals surface area contributed by atoms with Gasteiger partial charge >= 0.3 is 0 Å². The lowest BCUT2D eigenvalue weighted by atomic mass is 10.2. The number of carbonyl (C=O) groups excluding carboxylic acids is 1. The van der Waals surface area contributed by atoms with E-state index in [-0.39, 0.29) is 18.0 Å². The van der Waals surface area contributed by atoms with Crippen molar-refractivity contribution in [3.05, 3.63) is 41.6 Å². The number of rotatable bonds is 3. The second-order valence-electron chi connectivity index (χ2n) is 3.28. The summed E-state index contributed by atoms with van der Waals surface area (Å²) in [7, 11) is 0. The van der Waals surface area contributed by atoms with E-state index >= 15 is 0 Å². The second kappa shape index (κ2) is 4.69. The quantitative estimate of drug-likeness (QED) is 0.799. The third-order valence-electron chi connectivity index (χ3n) is 1.97. The van der Waals surface area contributed by atoms with Crippen LogP contribution in [-0.2, 0) is 6.54 Å². The highest BCUT2D eigenvalue weighted by molar-refractivity contribution is 5.93. The molecule has 2 heterocycles. The van der Waals surface area contributed by atoms with Gasteiger partial charge in [-0.3, -0.25) is 4.79 Å². The highest BCUT2D eigenvalue weighted by Gasteiger charge is 2.08. The molecule has 0 atom stereocenters. The Balaban J connectivity index is 1.95. The largest absolute Gasteiger partial charge is 0.345 e. The molecule has 2 aromatic rings. The average molecular weight is 236 g/mol. The Labute approximate surface area is 95.9 Å². The van der Waals surface area contributed by atoms with Gasteiger partial charge in [0.25, 0.3) is 5.91 Å². The molecule has 0 aromatic carbocycles. The van der Waals surface area contributed by atoms with Crippen molar-refractivity contribution in [3.8, 4) is 0 Å². The molecule has 2 rings (SSSR count). The zero-order chi connectivity index (χ0) is 12.3. The van der Waals surface area contributed by atoms with Crippen LogP contribution in [0.25, 0.3) is 0 Å². The SMILES string of the molecule is Cc1nc(CNC(=O)c2ccc(F)nc2)no1. The van der Waals surface area contributed by atoms with E-state index < -0.39 is 5.95 Å². The van der Waals surface area contributed by atoms with Crippen LogP contribution in [0.2, 0.25) is 0 Å². The first-order valence-corrected chi connectivity index (χ1v) is 4.84. The molecule has 0 radical (unpaired) electrons. The molecular weight excluding hydrogens is 227 g/mol. The Kier molecular flexibility index (Phi) is 3.08. The van der Waals surface area contributed by atoms with Crippen LogP contribution in [0.5, 0.6) is 0 Å². The van der Waals surface area contributed by atoms with Crippen molar-refractivity contribution in [2.75, 3.05) is 0 Å². The molecule has 0 aliphatic heterocycles. The van der Waals surface area contributed by atoms with Gasteiger partial charge in [-0.1, -0.05) is 5.16 Å². The summed E-state index contributed by atoms with van der Waals surface area (Å²) in [4.78, 5) is 18.9. The van der Waals surface area contributed by atoms with Crippen LogP contribution in [0.3, 0.4) is 0 Å². The predicted octanol–water partition coefficient (Wildman–Crippen LogP) is 0.842. The molecule has 17 heavy (non-hydrogen) atoms. The van der Waals surface area contributed by atoms with E-state index in [1.165, 1.54) is 6.07 Å². The van der Waals surface area contributed by atoms with Crippen molar-refractivity contribution in [3.63, 3.8) is 0 Å². The monoisotopic (exact) mass is 236 g/mol. The number of nitrogens with one attached hydrogen (secondary N) is 1. The number of carbonyl (C=O) groups is 1. The molecule has 0 aliphatic carbocycles. The summed E-state index contributed by atoms with van der Waals surface area (Å²) >= 11 is 0. The fourth-order valence-electron chi connectivity index (χ4n) is 1.18. The van der Waals surface area contributed by atoms with Gasteiger partial charge in [-0.25, -0.2) is 4.98 Å². The summed E-state index contributed by atoms with van der Waals surface area (Å²) in [5.41, 5.74) is 0.270. The van der Waals surface area contributed by atoms with Gasteiger partial charge in [0.1, 0.15) is 0 Å². The van der Waals surface area contributed by atoms with E-state index in [0.717, 1.165) is 12.3 Å². The predicted molar refractivity (Wildman–Crippen MR) is 54.4 cm³/mol. The van der Waals surface area contributed by atoms with Gasteiger partial charge in [0, 0.05) is 13.1 Å². The van der Waals surface area contributed by atoms with Gasteiger partial charge in [-0.15, -0.1) is 0 Å². The van der Waals surface area contributed by atoms with Crippen LogP contribution in [0.15, 0.2) is 22.9 Å². The molecule has 0 saturated carbocycles. The van der Waals surface area contributed by atoms with Gasteiger partial charge in [0.15, 0.2) is 5.82 Å². The van der Waals surface area contributed by atoms with Crippen LogP contribution in [-0.4, -0.2) is 21.0 Å². The molecule has 0 fully saturated rings. The molecule has 0 unspecified atom stereocenters. The fourth-order valence-corrected chi connectivity index (χ4v) is 1.18. The molecule has 6 nitrogen and oxygen atoms in total.